The second kappa shape index (κ2) is 7.25. The van der Waals surface area contributed by atoms with Crippen molar-refractivity contribution >= 4 is 27.0 Å². The lowest BCUT2D eigenvalue weighted by atomic mass is 10.0. The fraction of sp³-hybridized carbons (Fsp3) is 0.316. The summed E-state index contributed by atoms with van der Waals surface area (Å²) >= 11 is 0. The van der Waals surface area contributed by atoms with Gasteiger partial charge in [0.1, 0.15) is 5.69 Å². The number of rotatable bonds is 5. The molecule has 0 unspecified atom stereocenters. The smallest absolute Gasteiger partial charge is 0.376 e. The fourth-order valence-electron chi connectivity index (χ4n) is 3.10. The van der Waals surface area contributed by atoms with Crippen molar-refractivity contribution in [2.75, 3.05) is 10.0 Å². The Morgan fingerprint density at radius 1 is 1.07 bits per heavy atom. The van der Waals surface area contributed by atoms with Crippen LogP contribution in [0.1, 0.15) is 28.1 Å². The van der Waals surface area contributed by atoms with Crippen LogP contribution in [0, 0.1) is 27.7 Å². The van der Waals surface area contributed by atoms with Gasteiger partial charge < -0.3 is 9.72 Å². The molecule has 0 aliphatic heterocycles. The number of pyridine rings is 1. The third-order valence-corrected chi connectivity index (χ3v) is 6.00. The minimum atomic E-state index is -5.57. The molecule has 6 nitrogen and oxygen atoms in total. The van der Waals surface area contributed by atoms with Crippen LogP contribution in [0.15, 0.2) is 30.5 Å². The van der Waals surface area contributed by atoms with E-state index < -0.39 is 15.5 Å². The third-order valence-electron chi connectivity index (χ3n) is 4.91. The lowest BCUT2D eigenvalue weighted by molar-refractivity contribution is -0.0429. The van der Waals surface area contributed by atoms with E-state index in [9.17, 15) is 21.6 Å². The molecule has 3 rings (SSSR count). The molecule has 0 saturated carbocycles. The number of aromatic nitrogens is 2. The Labute approximate surface area is 166 Å². The molecule has 2 heterocycles. The summed E-state index contributed by atoms with van der Waals surface area (Å²) in [6.45, 7) is 7.76. The highest BCUT2D eigenvalue weighted by Crippen LogP contribution is 2.33. The first-order valence-corrected chi connectivity index (χ1v) is 10.3. The molecule has 0 aliphatic carbocycles. The molecule has 0 atom stereocenters. The summed E-state index contributed by atoms with van der Waals surface area (Å²) in [6.07, 6.45) is 1.49. The Bertz CT molecular complexity index is 1160. The van der Waals surface area contributed by atoms with Crippen molar-refractivity contribution in [2.45, 2.75) is 39.7 Å². The lowest BCUT2D eigenvalue weighted by Gasteiger charge is -2.18. The van der Waals surface area contributed by atoms with Crippen LogP contribution in [-0.4, -0.2) is 23.3 Å². The molecule has 0 amide bonds. The van der Waals surface area contributed by atoms with Crippen LogP contribution in [0.5, 0.6) is 0 Å². The number of aryl methyl sites for hydroxylation is 4. The first-order chi connectivity index (χ1) is 13.4. The first kappa shape index (κ1) is 21.0. The highest BCUT2D eigenvalue weighted by molar-refractivity contribution is 7.93. The minimum absolute atomic E-state index is 0.180. The standard InChI is InChI=1S/C19H21F3N4O2S/c1-11-6-5-7-12(2)15(11)10-23-17-16(25-29(27,28)19(20,21)22)8-9-26-14(4)13(3)24-18(17)26/h5-9,23,25H,10H2,1-4H3. The number of halogens is 3. The summed E-state index contributed by atoms with van der Waals surface area (Å²) in [5, 5.41) is 3.09. The van der Waals surface area contributed by atoms with Gasteiger partial charge in [0.2, 0.25) is 0 Å². The molecule has 2 N–H and O–H groups in total. The van der Waals surface area contributed by atoms with E-state index >= 15 is 0 Å². The van der Waals surface area contributed by atoms with E-state index in [-0.39, 0.29) is 11.4 Å². The van der Waals surface area contributed by atoms with Crippen LogP contribution in [-0.2, 0) is 16.6 Å². The van der Waals surface area contributed by atoms with E-state index in [1.54, 1.807) is 16.0 Å². The SMILES string of the molecule is Cc1cccc(C)c1CNc1c(NS(=O)(=O)C(F)(F)F)ccn2c(C)c(C)nc12. The number of hydrogen-bond acceptors (Lipinski definition) is 4. The summed E-state index contributed by atoms with van der Waals surface area (Å²) in [6, 6.07) is 7.07. The summed E-state index contributed by atoms with van der Waals surface area (Å²) in [7, 11) is -5.57. The van der Waals surface area contributed by atoms with E-state index in [4.69, 9.17) is 0 Å². The van der Waals surface area contributed by atoms with Gasteiger partial charge in [-0.05, 0) is 50.5 Å². The predicted molar refractivity (Wildman–Crippen MR) is 107 cm³/mol. The lowest BCUT2D eigenvalue weighted by Crippen LogP contribution is -2.30. The molecule has 0 aliphatic rings. The van der Waals surface area contributed by atoms with Crippen molar-refractivity contribution in [1.29, 1.82) is 0 Å². The molecule has 29 heavy (non-hydrogen) atoms. The second-order valence-electron chi connectivity index (χ2n) is 6.86. The predicted octanol–water partition coefficient (Wildman–Crippen LogP) is 4.44. The topological polar surface area (TPSA) is 75.5 Å². The molecule has 156 valence electrons. The summed E-state index contributed by atoms with van der Waals surface area (Å²) in [4.78, 5) is 4.41. The molecule has 1 aromatic carbocycles. The molecule has 2 aromatic heterocycles. The molecule has 0 radical (unpaired) electrons. The van der Waals surface area contributed by atoms with Gasteiger partial charge >= 0.3 is 15.5 Å². The summed E-state index contributed by atoms with van der Waals surface area (Å²) in [5.41, 5.74) is -0.631. The number of hydrogen-bond donors (Lipinski definition) is 2. The number of benzene rings is 1. The highest BCUT2D eigenvalue weighted by atomic mass is 32.2. The summed E-state index contributed by atoms with van der Waals surface area (Å²) < 4.78 is 65.4. The maximum Gasteiger partial charge on any atom is 0.516 e. The normalized spacial score (nSPS) is 12.4. The number of alkyl halides is 3. The maximum atomic E-state index is 12.9. The van der Waals surface area contributed by atoms with Crippen molar-refractivity contribution in [3.8, 4) is 0 Å². The maximum absolute atomic E-state index is 12.9. The third kappa shape index (κ3) is 3.89. The zero-order valence-electron chi connectivity index (χ0n) is 16.3. The molecular formula is C19H21F3N4O2S. The Morgan fingerprint density at radius 3 is 2.28 bits per heavy atom. The van der Waals surface area contributed by atoms with E-state index in [1.807, 2.05) is 39.0 Å². The van der Waals surface area contributed by atoms with E-state index in [2.05, 4.69) is 10.3 Å². The van der Waals surface area contributed by atoms with Crippen LogP contribution in [0.3, 0.4) is 0 Å². The van der Waals surface area contributed by atoms with Crippen molar-refractivity contribution in [3.63, 3.8) is 0 Å². The van der Waals surface area contributed by atoms with Crippen LogP contribution >= 0.6 is 0 Å². The van der Waals surface area contributed by atoms with Crippen molar-refractivity contribution < 1.29 is 21.6 Å². The number of nitrogens with zero attached hydrogens (tertiary/aromatic N) is 2. The van der Waals surface area contributed by atoms with Gasteiger partial charge in [0.05, 0.1) is 11.4 Å². The molecular weight excluding hydrogens is 405 g/mol. The van der Waals surface area contributed by atoms with E-state index in [0.29, 0.717) is 17.9 Å². The quantitative estimate of drug-likeness (QED) is 0.632. The van der Waals surface area contributed by atoms with E-state index in [1.165, 1.54) is 12.3 Å². The van der Waals surface area contributed by atoms with Gasteiger partial charge in [-0.2, -0.15) is 21.6 Å². The Balaban J connectivity index is 2.10. The summed E-state index contributed by atoms with van der Waals surface area (Å²) in [5.74, 6) is 0. The van der Waals surface area contributed by atoms with Crippen LogP contribution in [0.25, 0.3) is 5.65 Å². The zero-order chi connectivity index (χ0) is 21.6. The number of nitrogens with one attached hydrogen (secondary N) is 2. The highest BCUT2D eigenvalue weighted by Gasteiger charge is 2.46. The van der Waals surface area contributed by atoms with Gasteiger partial charge in [0.15, 0.2) is 5.65 Å². The Hall–Kier alpha value is -2.75. The second-order valence-corrected chi connectivity index (χ2v) is 8.53. The molecule has 0 spiro atoms. The number of anilines is 2. The van der Waals surface area contributed by atoms with Crippen LogP contribution in [0.4, 0.5) is 24.5 Å². The first-order valence-electron chi connectivity index (χ1n) is 8.78. The Kier molecular flexibility index (Phi) is 5.24. The molecule has 0 fully saturated rings. The largest absolute Gasteiger partial charge is 0.516 e. The van der Waals surface area contributed by atoms with Crippen LogP contribution < -0.4 is 10.0 Å². The monoisotopic (exact) mass is 426 g/mol. The number of imidazole rings is 1. The fourth-order valence-corrected chi connectivity index (χ4v) is 3.68. The van der Waals surface area contributed by atoms with Gasteiger partial charge in [-0.1, -0.05) is 18.2 Å². The Morgan fingerprint density at radius 2 is 1.69 bits per heavy atom. The molecule has 0 bridgehead atoms. The van der Waals surface area contributed by atoms with Gasteiger partial charge in [0, 0.05) is 18.4 Å². The zero-order valence-corrected chi connectivity index (χ0v) is 17.2. The van der Waals surface area contributed by atoms with Crippen LogP contribution in [0.2, 0.25) is 0 Å². The van der Waals surface area contributed by atoms with Gasteiger partial charge in [0.25, 0.3) is 0 Å². The van der Waals surface area contributed by atoms with Crippen molar-refractivity contribution in [1.82, 2.24) is 9.38 Å². The average molecular weight is 426 g/mol. The molecule has 0 saturated heterocycles. The van der Waals surface area contributed by atoms with E-state index in [0.717, 1.165) is 22.4 Å². The van der Waals surface area contributed by atoms with Gasteiger partial charge in [-0.15, -0.1) is 0 Å². The number of fused-ring (bicyclic) bond motifs is 1. The molecule has 3 aromatic rings. The van der Waals surface area contributed by atoms with Gasteiger partial charge in [-0.25, -0.2) is 4.98 Å². The van der Waals surface area contributed by atoms with Crippen molar-refractivity contribution in [3.05, 3.63) is 58.5 Å². The van der Waals surface area contributed by atoms with Crippen molar-refractivity contribution in [2.24, 2.45) is 0 Å². The number of sulfonamides is 1. The van der Waals surface area contributed by atoms with Gasteiger partial charge in [-0.3, -0.25) is 4.72 Å². The molecule has 10 heteroatoms. The minimum Gasteiger partial charge on any atom is -0.376 e. The average Bonchev–Trinajstić information content (AvgIpc) is 2.89.